The quantitative estimate of drug-likeness (QED) is 0.841. The summed E-state index contributed by atoms with van der Waals surface area (Å²) < 4.78 is 0. The molecule has 2 N–H and O–H groups in total. The molecular formula is C14H21N3O. The number of aromatic amines is 1. The summed E-state index contributed by atoms with van der Waals surface area (Å²) in [4.78, 5) is 19.0. The fourth-order valence-electron chi connectivity index (χ4n) is 2.73. The van der Waals surface area contributed by atoms with Gasteiger partial charge in [0.1, 0.15) is 11.6 Å². The number of nitrogens with zero attached hydrogens (tertiary/aromatic N) is 1. The molecule has 0 spiro atoms. The van der Waals surface area contributed by atoms with Crippen LogP contribution in [0.2, 0.25) is 0 Å². The predicted molar refractivity (Wildman–Crippen MR) is 71.9 cm³/mol. The van der Waals surface area contributed by atoms with E-state index in [2.05, 4.69) is 22.2 Å². The Kier molecular flexibility index (Phi) is 2.88. The topological polar surface area (TPSA) is 57.8 Å². The van der Waals surface area contributed by atoms with E-state index < -0.39 is 0 Å². The van der Waals surface area contributed by atoms with E-state index in [0.29, 0.717) is 11.3 Å². The smallest absolute Gasteiger partial charge is 0.252 e. The molecule has 0 amide bonds. The van der Waals surface area contributed by atoms with Crippen LogP contribution in [0.5, 0.6) is 0 Å². The second kappa shape index (κ2) is 4.41. The van der Waals surface area contributed by atoms with E-state index in [1.807, 2.05) is 0 Å². The van der Waals surface area contributed by atoms with Gasteiger partial charge in [0.25, 0.3) is 5.56 Å². The van der Waals surface area contributed by atoms with Crippen LogP contribution in [0.3, 0.4) is 0 Å². The number of rotatable bonds is 5. The van der Waals surface area contributed by atoms with Gasteiger partial charge < -0.3 is 10.3 Å². The molecule has 1 aromatic rings. The molecule has 2 fully saturated rings. The molecule has 1 aromatic heterocycles. The zero-order valence-corrected chi connectivity index (χ0v) is 11.0. The minimum atomic E-state index is -0.0337. The molecule has 0 atom stereocenters. The third-order valence-corrected chi connectivity index (χ3v) is 4.53. The number of nitrogens with one attached hydrogen (secondary N) is 2. The summed E-state index contributed by atoms with van der Waals surface area (Å²) >= 11 is 0. The van der Waals surface area contributed by atoms with Crippen molar-refractivity contribution < 1.29 is 0 Å². The SMILES string of the molecule is CCC1(CNc2cc(=O)[nH]c(C3CC3)n2)CCC1. The highest BCUT2D eigenvalue weighted by Crippen LogP contribution is 2.43. The Bertz CT molecular complexity index is 481. The third-order valence-electron chi connectivity index (χ3n) is 4.53. The second-order valence-corrected chi connectivity index (χ2v) is 5.85. The number of aromatic nitrogens is 2. The molecule has 0 unspecified atom stereocenters. The highest BCUT2D eigenvalue weighted by atomic mass is 16.1. The van der Waals surface area contributed by atoms with Crippen molar-refractivity contribution in [3.63, 3.8) is 0 Å². The molecular weight excluding hydrogens is 226 g/mol. The lowest BCUT2D eigenvalue weighted by Crippen LogP contribution is -2.36. The molecule has 0 bridgehead atoms. The number of hydrogen-bond acceptors (Lipinski definition) is 3. The van der Waals surface area contributed by atoms with Crippen LogP contribution in [0.15, 0.2) is 10.9 Å². The molecule has 98 valence electrons. The van der Waals surface area contributed by atoms with Gasteiger partial charge in [-0.2, -0.15) is 0 Å². The summed E-state index contributed by atoms with van der Waals surface area (Å²) in [5, 5.41) is 3.37. The van der Waals surface area contributed by atoms with Crippen LogP contribution >= 0.6 is 0 Å². The van der Waals surface area contributed by atoms with Crippen LogP contribution in [0.25, 0.3) is 0 Å². The predicted octanol–water partition coefficient (Wildman–Crippen LogP) is 2.64. The lowest BCUT2D eigenvalue weighted by Gasteiger charge is -2.41. The monoisotopic (exact) mass is 247 g/mol. The van der Waals surface area contributed by atoms with Gasteiger partial charge in [0, 0.05) is 18.5 Å². The van der Waals surface area contributed by atoms with Crippen LogP contribution in [-0.4, -0.2) is 16.5 Å². The first-order chi connectivity index (χ1) is 8.71. The Morgan fingerprint density at radius 2 is 2.28 bits per heavy atom. The number of anilines is 1. The molecule has 2 saturated carbocycles. The van der Waals surface area contributed by atoms with Crippen molar-refractivity contribution in [1.82, 2.24) is 9.97 Å². The maximum atomic E-state index is 11.6. The minimum Gasteiger partial charge on any atom is -0.369 e. The first-order valence-electron chi connectivity index (χ1n) is 7.06. The molecule has 2 aliphatic rings. The van der Waals surface area contributed by atoms with E-state index in [4.69, 9.17) is 0 Å². The summed E-state index contributed by atoms with van der Waals surface area (Å²) in [5.41, 5.74) is 0.415. The third kappa shape index (κ3) is 2.28. The maximum absolute atomic E-state index is 11.6. The van der Waals surface area contributed by atoms with Crippen LogP contribution in [0, 0.1) is 5.41 Å². The van der Waals surface area contributed by atoms with Gasteiger partial charge in [-0.1, -0.05) is 13.3 Å². The lowest BCUT2D eigenvalue weighted by atomic mass is 9.67. The van der Waals surface area contributed by atoms with E-state index in [-0.39, 0.29) is 5.56 Å². The van der Waals surface area contributed by atoms with E-state index in [1.165, 1.54) is 25.7 Å². The van der Waals surface area contributed by atoms with E-state index in [9.17, 15) is 4.79 Å². The average Bonchev–Trinajstić information content (AvgIpc) is 3.11. The first-order valence-corrected chi connectivity index (χ1v) is 7.06. The summed E-state index contributed by atoms with van der Waals surface area (Å²) in [6.45, 7) is 3.20. The van der Waals surface area contributed by atoms with Gasteiger partial charge in [0.05, 0.1) is 0 Å². The van der Waals surface area contributed by atoms with Crippen molar-refractivity contribution in [2.24, 2.45) is 5.41 Å². The Morgan fingerprint density at radius 1 is 1.50 bits per heavy atom. The molecule has 1 heterocycles. The first kappa shape index (κ1) is 11.8. The van der Waals surface area contributed by atoms with Crippen LogP contribution in [0.1, 0.15) is 57.2 Å². The molecule has 2 aliphatic carbocycles. The van der Waals surface area contributed by atoms with Gasteiger partial charge in [0.15, 0.2) is 0 Å². The summed E-state index contributed by atoms with van der Waals surface area (Å²) in [6, 6.07) is 1.58. The molecule has 4 nitrogen and oxygen atoms in total. The van der Waals surface area contributed by atoms with Crippen LogP contribution < -0.4 is 10.9 Å². The molecule has 0 saturated heterocycles. The summed E-state index contributed by atoms with van der Waals surface area (Å²) in [7, 11) is 0. The zero-order valence-electron chi connectivity index (χ0n) is 11.0. The largest absolute Gasteiger partial charge is 0.369 e. The number of H-pyrrole nitrogens is 1. The molecule has 0 aromatic carbocycles. The van der Waals surface area contributed by atoms with Crippen molar-refractivity contribution in [1.29, 1.82) is 0 Å². The van der Waals surface area contributed by atoms with Crippen LogP contribution in [0.4, 0.5) is 5.82 Å². The molecule has 0 radical (unpaired) electrons. The van der Waals surface area contributed by atoms with Gasteiger partial charge in [0.2, 0.25) is 0 Å². The average molecular weight is 247 g/mol. The van der Waals surface area contributed by atoms with Gasteiger partial charge in [-0.25, -0.2) is 4.98 Å². The standard InChI is InChI=1S/C14H21N3O/c1-2-14(6-3-7-14)9-15-11-8-12(18)17-13(16-11)10-4-5-10/h8,10H,2-7,9H2,1H3,(H2,15,16,17,18). The van der Waals surface area contributed by atoms with Crippen molar-refractivity contribution in [3.8, 4) is 0 Å². The van der Waals surface area contributed by atoms with Crippen molar-refractivity contribution in [2.75, 3.05) is 11.9 Å². The second-order valence-electron chi connectivity index (χ2n) is 5.85. The fraction of sp³-hybridized carbons (Fsp3) is 0.714. The number of hydrogen-bond donors (Lipinski definition) is 2. The van der Waals surface area contributed by atoms with Crippen molar-refractivity contribution in [2.45, 2.75) is 51.4 Å². The van der Waals surface area contributed by atoms with Crippen molar-refractivity contribution in [3.05, 3.63) is 22.2 Å². The molecule has 18 heavy (non-hydrogen) atoms. The van der Waals surface area contributed by atoms with E-state index in [1.54, 1.807) is 6.07 Å². The summed E-state index contributed by atoms with van der Waals surface area (Å²) in [6.07, 6.45) is 7.46. The Labute approximate surface area is 107 Å². The zero-order chi connectivity index (χ0) is 12.6. The van der Waals surface area contributed by atoms with Gasteiger partial charge in [-0.15, -0.1) is 0 Å². The van der Waals surface area contributed by atoms with Gasteiger partial charge in [-0.3, -0.25) is 4.79 Å². The molecule has 3 rings (SSSR count). The van der Waals surface area contributed by atoms with Gasteiger partial charge in [-0.05, 0) is 37.5 Å². The molecule has 0 aliphatic heterocycles. The van der Waals surface area contributed by atoms with Crippen molar-refractivity contribution >= 4 is 5.82 Å². The summed E-state index contributed by atoms with van der Waals surface area (Å²) in [5.74, 6) is 2.10. The Morgan fingerprint density at radius 3 is 2.83 bits per heavy atom. The van der Waals surface area contributed by atoms with Crippen LogP contribution in [-0.2, 0) is 0 Å². The maximum Gasteiger partial charge on any atom is 0.252 e. The van der Waals surface area contributed by atoms with E-state index >= 15 is 0 Å². The normalized spacial score (nSPS) is 21.4. The Hall–Kier alpha value is -1.32. The fourth-order valence-corrected chi connectivity index (χ4v) is 2.73. The lowest BCUT2D eigenvalue weighted by molar-refractivity contribution is 0.145. The van der Waals surface area contributed by atoms with Gasteiger partial charge >= 0.3 is 0 Å². The highest BCUT2D eigenvalue weighted by molar-refractivity contribution is 5.34. The van der Waals surface area contributed by atoms with E-state index in [0.717, 1.165) is 31.0 Å². The Balaban J connectivity index is 1.70. The highest BCUT2D eigenvalue weighted by Gasteiger charge is 2.35. The molecule has 4 heteroatoms. The minimum absolute atomic E-state index is 0.0337.